The molecule has 7 heteroatoms. The molecule has 0 unspecified atom stereocenters. The van der Waals surface area contributed by atoms with Crippen LogP contribution in [0.15, 0.2) is 60.9 Å². The van der Waals surface area contributed by atoms with Gasteiger partial charge < -0.3 is 16.0 Å². The molecule has 0 bridgehead atoms. The fourth-order valence-electron chi connectivity index (χ4n) is 2.23. The van der Waals surface area contributed by atoms with E-state index in [0.717, 1.165) is 11.4 Å². The summed E-state index contributed by atoms with van der Waals surface area (Å²) in [4.78, 5) is 19.6. The van der Waals surface area contributed by atoms with Crippen LogP contribution in [0.4, 0.5) is 28.7 Å². The second-order valence-corrected chi connectivity index (χ2v) is 5.75. The van der Waals surface area contributed by atoms with Crippen molar-refractivity contribution in [1.29, 1.82) is 0 Å². The lowest BCUT2D eigenvalue weighted by Gasteiger charge is -2.10. The van der Waals surface area contributed by atoms with Crippen LogP contribution in [-0.2, 0) is 4.79 Å². The van der Waals surface area contributed by atoms with E-state index in [-0.39, 0.29) is 5.91 Å². The first-order valence-corrected chi connectivity index (χ1v) is 7.95. The molecular formula is C18H16ClN5O. The van der Waals surface area contributed by atoms with Crippen molar-refractivity contribution in [2.45, 2.75) is 6.92 Å². The largest absolute Gasteiger partial charge is 0.340 e. The molecule has 3 aromatic rings. The van der Waals surface area contributed by atoms with Crippen LogP contribution in [0.25, 0.3) is 0 Å². The first-order valence-electron chi connectivity index (χ1n) is 7.58. The van der Waals surface area contributed by atoms with E-state index in [1.54, 1.807) is 6.07 Å². The minimum Gasteiger partial charge on any atom is -0.340 e. The molecule has 3 N–H and O–H groups in total. The second kappa shape index (κ2) is 7.63. The Morgan fingerprint density at radius 1 is 0.880 bits per heavy atom. The second-order valence-electron chi connectivity index (χ2n) is 5.31. The lowest BCUT2D eigenvalue weighted by molar-refractivity contribution is -0.114. The highest BCUT2D eigenvalue weighted by atomic mass is 35.5. The Hall–Kier alpha value is -3.12. The number of nitrogens with zero attached hydrogens (tertiary/aromatic N) is 2. The van der Waals surface area contributed by atoms with E-state index in [1.807, 2.05) is 48.5 Å². The molecule has 1 heterocycles. The molecule has 0 aliphatic heterocycles. The van der Waals surface area contributed by atoms with E-state index >= 15 is 0 Å². The fourth-order valence-corrected chi connectivity index (χ4v) is 2.42. The molecule has 0 saturated heterocycles. The number of anilines is 5. The molecule has 0 spiro atoms. The predicted octanol–water partition coefficient (Wildman–Crippen LogP) is 4.58. The number of aromatic nitrogens is 2. The van der Waals surface area contributed by atoms with Gasteiger partial charge in [0.15, 0.2) is 0 Å². The number of carbonyl (C=O) groups is 1. The van der Waals surface area contributed by atoms with Crippen molar-refractivity contribution in [3.8, 4) is 0 Å². The van der Waals surface area contributed by atoms with Gasteiger partial charge in [-0.1, -0.05) is 23.7 Å². The maximum Gasteiger partial charge on any atom is 0.221 e. The Balaban J connectivity index is 1.74. The Morgan fingerprint density at radius 2 is 1.48 bits per heavy atom. The SMILES string of the molecule is CC(=O)Nc1cccc(Nc2cc(Nc3cccc(Cl)c3)ncn2)c1. The highest BCUT2D eigenvalue weighted by molar-refractivity contribution is 6.30. The van der Waals surface area contributed by atoms with Gasteiger partial charge in [-0.3, -0.25) is 4.79 Å². The number of hydrogen-bond donors (Lipinski definition) is 3. The van der Waals surface area contributed by atoms with Crippen LogP contribution in [0, 0.1) is 0 Å². The average molecular weight is 354 g/mol. The molecule has 0 atom stereocenters. The summed E-state index contributed by atoms with van der Waals surface area (Å²) in [6.07, 6.45) is 1.47. The van der Waals surface area contributed by atoms with Crippen LogP contribution >= 0.6 is 11.6 Å². The highest BCUT2D eigenvalue weighted by Gasteiger charge is 2.03. The molecule has 3 rings (SSSR count). The van der Waals surface area contributed by atoms with Crippen molar-refractivity contribution in [2.24, 2.45) is 0 Å². The minimum atomic E-state index is -0.118. The third-order valence-corrected chi connectivity index (χ3v) is 3.45. The summed E-state index contributed by atoms with van der Waals surface area (Å²) in [6, 6.07) is 16.5. The number of hydrogen-bond acceptors (Lipinski definition) is 5. The molecule has 6 nitrogen and oxygen atoms in total. The monoisotopic (exact) mass is 353 g/mol. The molecular weight excluding hydrogens is 338 g/mol. The van der Waals surface area contributed by atoms with Gasteiger partial charge in [-0.2, -0.15) is 0 Å². The first kappa shape index (κ1) is 16.7. The highest BCUT2D eigenvalue weighted by Crippen LogP contribution is 2.22. The minimum absolute atomic E-state index is 0.118. The van der Waals surface area contributed by atoms with E-state index < -0.39 is 0 Å². The summed E-state index contributed by atoms with van der Waals surface area (Å²) >= 11 is 5.99. The van der Waals surface area contributed by atoms with Gasteiger partial charge in [0.05, 0.1) is 0 Å². The quantitative estimate of drug-likeness (QED) is 0.626. The summed E-state index contributed by atoms with van der Waals surface area (Å²) in [5, 5.41) is 9.75. The third kappa shape index (κ3) is 4.92. The number of amides is 1. The zero-order valence-electron chi connectivity index (χ0n) is 13.5. The standard InChI is InChI=1S/C18H16ClN5O/c1-12(25)22-15-6-3-7-16(9-15)24-18-10-17(20-11-21-18)23-14-5-2-4-13(19)8-14/h2-11H,1H3,(H,22,25)(H2,20,21,23,24). The number of carbonyl (C=O) groups excluding carboxylic acids is 1. The Labute approximate surface area is 150 Å². The summed E-state index contributed by atoms with van der Waals surface area (Å²) < 4.78 is 0. The van der Waals surface area contributed by atoms with Crippen molar-refractivity contribution in [1.82, 2.24) is 9.97 Å². The van der Waals surface area contributed by atoms with Crippen molar-refractivity contribution >= 4 is 46.2 Å². The Morgan fingerprint density at radius 3 is 2.12 bits per heavy atom. The van der Waals surface area contributed by atoms with Gasteiger partial charge in [0.1, 0.15) is 18.0 Å². The molecule has 0 aliphatic rings. The van der Waals surface area contributed by atoms with E-state index in [0.29, 0.717) is 22.3 Å². The van der Waals surface area contributed by atoms with Gasteiger partial charge >= 0.3 is 0 Å². The molecule has 1 aromatic heterocycles. The molecule has 2 aromatic carbocycles. The van der Waals surface area contributed by atoms with Crippen LogP contribution < -0.4 is 16.0 Å². The average Bonchev–Trinajstić information content (AvgIpc) is 2.55. The maximum absolute atomic E-state index is 11.2. The van der Waals surface area contributed by atoms with Crippen LogP contribution in [0.3, 0.4) is 0 Å². The Kier molecular flexibility index (Phi) is 5.11. The molecule has 1 amide bonds. The van der Waals surface area contributed by atoms with Gasteiger partial charge in [-0.05, 0) is 36.4 Å². The topological polar surface area (TPSA) is 78.9 Å². The fraction of sp³-hybridized carbons (Fsp3) is 0.0556. The third-order valence-electron chi connectivity index (χ3n) is 3.22. The van der Waals surface area contributed by atoms with E-state index in [1.165, 1.54) is 13.3 Å². The van der Waals surface area contributed by atoms with Gasteiger partial charge in [0, 0.05) is 35.1 Å². The zero-order chi connectivity index (χ0) is 17.6. The number of halogens is 1. The van der Waals surface area contributed by atoms with Gasteiger partial charge in [-0.25, -0.2) is 9.97 Å². The molecule has 0 fully saturated rings. The molecule has 126 valence electrons. The van der Waals surface area contributed by atoms with E-state index in [2.05, 4.69) is 25.9 Å². The molecule has 25 heavy (non-hydrogen) atoms. The molecule has 0 saturated carbocycles. The van der Waals surface area contributed by atoms with Gasteiger partial charge in [-0.15, -0.1) is 0 Å². The smallest absolute Gasteiger partial charge is 0.221 e. The summed E-state index contributed by atoms with van der Waals surface area (Å²) in [6.45, 7) is 1.47. The first-order chi connectivity index (χ1) is 12.1. The van der Waals surface area contributed by atoms with E-state index in [9.17, 15) is 4.79 Å². The normalized spacial score (nSPS) is 10.2. The maximum atomic E-state index is 11.2. The summed E-state index contributed by atoms with van der Waals surface area (Å²) in [5.74, 6) is 1.14. The van der Waals surface area contributed by atoms with Crippen molar-refractivity contribution in [3.05, 3.63) is 65.9 Å². The lowest BCUT2D eigenvalue weighted by atomic mass is 10.2. The summed E-state index contributed by atoms with van der Waals surface area (Å²) in [7, 11) is 0. The van der Waals surface area contributed by atoms with Gasteiger partial charge in [0.25, 0.3) is 0 Å². The number of benzene rings is 2. The van der Waals surface area contributed by atoms with Crippen molar-refractivity contribution < 1.29 is 4.79 Å². The molecule has 0 radical (unpaired) electrons. The molecule has 0 aliphatic carbocycles. The Bertz CT molecular complexity index is 900. The lowest BCUT2D eigenvalue weighted by Crippen LogP contribution is -2.06. The van der Waals surface area contributed by atoms with Crippen LogP contribution in [0.2, 0.25) is 5.02 Å². The van der Waals surface area contributed by atoms with Crippen molar-refractivity contribution in [2.75, 3.05) is 16.0 Å². The van der Waals surface area contributed by atoms with Crippen molar-refractivity contribution in [3.63, 3.8) is 0 Å². The van der Waals surface area contributed by atoms with Gasteiger partial charge in [0.2, 0.25) is 5.91 Å². The van der Waals surface area contributed by atoms with Crippen LogP contribution in [0.1, 0.15) is 6.92 Å². The number of rotatable bonds is 5. The zero-order valence-corrected chi connectivity index (χ0v) is 14.2. The van der Waals surface area contributed by atoms with E-state index in [4.69, 9.17) is 11.6 Å². The predicted molar refractivity (Wildman–Crippen MR) is 101 cm³/mol. The number of nitrogens with one attached hydrogen (secondary N) is 3. The van der Waals surface area contributed by atoms with Crippen LogP contribution in [-0.4, -0.2) is 15.9 Å². The van der Waals surface area contributed by atoms with Crippen LogP contribution in [0.5, 0.6) is 0 Å². The summed E-state index contributed by atoms with van der Waals surface area (Å²) in [5.41, 5.74) is 2.35.